The first-order chi connectivity index (χ1) is 8.52. The van der Waals surface area contributed by atoms with Gasteiger partial charge >= 0.3 is 0 Å². The molecule has 18 heavy (non-hydrogen) atoms. The third kappa shape index (κ3) is 5.08. The summed E-state index contributed by atoms with van der Waals surface area (Å²) < 4.78 is 0. The first kappa shape index (κ1) is 15.0. The van der Waals surface area contributed by atoms with Gasteiger partial charge in [0.05, 0.1) is 6.61 Å². The lowest BCUT2D eigenvalue weighted by Crippen LogP contribution is -2.21. The van der Waals surface area contributed by atoms with Gasteiger partial charge in [-0.05, 0) is 36.5 Å². The SMILES string of the molecule is CN(CCO)Cc1ccc(SC(=O)N(C)C)cc1. The lowest BCUT2D eigenvalue weighted by atomic mass is 10.2. The van der Waals surface area contributed by atoms with Crippen LogP contribution in [0.1, 0.15) is 5.56 Å². The van der Waals surface area contributed by atoms with Crippen LogP contribution < -0.4 is 0 Å². The summed E-state index contributed by atoms with van der Waals surface area (Å²) in [5, 5.41) is 8.85. The summed E-state index contributed by atoms with van der Waals surface area (Å²) in [5.74, 6) is 0. The number of aliphatic hydroxyl groups excluding tert-OH is 1. The van der Waals surface area contributed by atoms with E-state index in [9.17, 15) is 4.79 Å². The maximum Gasteiger partial charge on any atom is 0.285 e. The summed E-state index contributed by atoms with van der Waals surface area (Å²) in [7, 11) is 5.45. The fourth-order valence-electron chi connectivity index (χ4n) is 1.42. The topological polar surface area (TPSA) is 43.8 Å². The molecular formula is C13H20N2O2S. The largest absolute Gasteiger partial charge is 0.395 e. The van der Waals surface area contributed by atoms with Crippen molar-refractivity contribution in [3.05, 3.63) is 29.8 Å². The number of hydrogen-bond donors (Lipinski definition) is 1. The molecule has 0 atom stereocenters. The standard InChI is InChI=1S/C13H20N2O2S/c1-14(2)13(17)18-12-6-4-11(5-7-12)10-15(3)8-9-16/h4-7,16H,8-10H2,1-3H3. The Labute approximate surface area is 113 Å². The van der Waals surface area contributed by atoms with E-state index in [0.717, 1.165) is 11.4 Å². The first-order valence-electron chi connectivity index (χ1n) is 5.80. The van der Waals surface area contributed by atoms with Crippen molar-refractivity contribution >= 4 is 17.0 Å². The van der Waals surface area contributed by atoms with Crippen LogP contribution >= 0.6 is 11.8 Å². The lowest BCUT2D eigenvalue weighted by molar-refractivity contribution is 0.217. The summed E-state index contributed by atoms with van der Waals surface area (Å²) in [6, 6.07) is 7.93. The quantitative estimate of drug-likeness (QED) is 0.828. The molecule has 1 N–H and O–H groups in total. The Hall–Kier alpha value is -1.04. The summed E-state index contributed by atoms with van der Waals surface area (Å²) in [6.07, 6.45) is 0. The molecule has 0 aromatic heterocycles. The number of aliphatic hydroxyl groups is 1. The molecule has 1 rings (SSSR count). The second-order valence-electron chi connectivity index (χ2n) is 4.37. The number of thioether (sulfide) groups is 1. The van der Waals surface area contributed by atoms with E-state index in [-0.39, 0.29) is 11.8 Å². The van der Waals surface area contributed by atoms with Crippen LogP contribution in [0.4, 0.5) is 4.79 Å². The van der Waals surface area contributed by atoms with Gasteiger partial charge in [-0.3, -0.25) is 9.69 Å². The number of nitrogens with zero attached hydrogens (tertiary/aromatic N) is 2. The van der Waals surface area contributed by atoms with E-state index < -0.39 is 0 Å². The molecule has 0 saturated heterocycles. The summed E-state index contributed by atoms with van der Waals surface area (Å²) in [5.41, 5.74) is 1.17. The van der Waals surface area contributed by atoms with Crippen molar-refractivity contribution < 1.29 is 9.90 Å². The number of carbonyl (C=O) groups excluding carboxylic acids is 1. The van der Waals surface area contributed by atoms with Crippen molar-refractivity contribution in [3.63, 3.8) is 0 Å². The third-order valence-corrected chi connectivity index (χ3v) is 3.48. The van der Waals surface area contributed by atoms with Crippen molar-refractivity contribution in [1.29, 1.82) is 0 Å². The van der Waals surface area contributed by atoms with Crippen LogP contribution in [0.5, 0.6) is 0 Å². The minimum atomic E-state index is 0.0279. The Morgan fingerprint density at radius 3 is 2.33 bits per heavy atom. The van der Waals surface area contributed by atoms with E-state index in [0.29, 0.717) is 6.54 Å². The smallest absolute Gasteiger partial charge is 0.285 e. The second kappa shape index (κ2) is 7.41. The average Bonchev–Trinajstić information content (AvgIpc) is 2.31. The molecular weight excluding hydrogens is 248 g/mol. The van der Waals surface area contributed by atoms with Gasteiger partial charge in [0.15, 0.2) is 0 Å². The third-order valence-electron chi connectivity index (χ3n) is 2.43. The monoisotopic (exact) mass is 268 g/mol. The highest BCUT2D eigenvalue weighted by Gasteiger charge is 2.06. The van der Waals surface area contributed by atoms with Crippen LogP contribution in [0.2, 0.25) is 0 Å². The maximum atomic E-state index is 11.5. The molecule has 0 aliphatic rings. The van der Waals surface area contributed by atoms with Crippen LogP contribution in [-0.4, -0.2) is 54.4 Å². The normalized spacial score (nSPS) is 10.7. The molecule has 4 nitrogen and oxygen atoms in total. The van der Waals surface area contributed by atoms with Crippen LogP contribution in [0.25, 0.3) is 0 Å². The summed E-state index contributed by atoms with van der Waals surface area (Å²) in [4.78, 5) is 16.1. The van der Waals surface area contributed by atoms with E-state index in [1.165, 1.54) is 17.3 Å². The van der Waals surface area contributed by atoms with E-state index in [1.807, 2.05) is 36.2 Å². The van der Waals surface area contributed by atoms with Gasteiger partial charge in [-0.25, -0.2) is 0 Å². The van der Waals surface area contributed by atoms with Gasteiger partial charge in [0.25, 0.3) is 5.24 Å². The van der Waals surface area contributed by atoms with Crippen LogP contribution in [0.15, 0.2) is 29.2 Å². The van der Waals surface area contributed by atoms with Gasteiger partial charge < -0.3 is 10.0 Å². The highest BCUT2D eigenvalue weighted by atomic mass is 32.2. The van der Waals surface area contributed by atoms with E-state index in [4.69, 9.17) is 5.11 Å². The van der Waals surface area contributed by atoms with Gasteiger partial charge in [0.2, 0.25) is 0 Å². The van der Waals surface area contributed by atoms with Crippen molar-refractivity contribution in [3.8, 4) is 0 Å². The Balaban J connectivity index is 2.54. The molecule has 5 heteroatoms. The molecule has 0 unspecified atom stereocenters. The summed E-state index contributed by atoms with van der Waals surface area (Å²) >= 11 is 1.22. The van der Waals surface area contributed by atoms with E-state index in [1.54, 1.807) is 19.0 Å². The minimum absolute atomic E-state index is 0.0279. The second-order valence-corrected chi connectivity index (χ2v) is 5.39. The van der Waals surface area contributed by atoms with Gasteiger partial charge in [0.1, 0.15) is 0 Å². The highest BCUT2D eigenvalue weighted by Crippen LogP contribution is 2.21. The summed E-state index contributed by atoms with van der Waals surface area (Å²) in [6.45, 7) is 1.63. The molecule has 0 aliphatic heterocycles. The average molecular weight is 268 g/mol. The first-order valence-corrected chi connectivity index (χ1v) is 6.62. The van der Waals surface area contributed by atoms with Gasteiger partial charge in [-0.2, -0.15) is 0 Å². The highest BCUT2D eigenvalue weighted by molar-refractivity contribution is 8.13. The number of likely N-dealkylation sites (N-methyl/N-ethyl adjacent to an activating group) is 1. The van der Waals surface area contributed by atoms with E-state index >= 15 is 0 Å². The fourth-order valence-corrected chi connectivity index (χ4v) is 2.07. The predicted octanol–water partition coefficient (Wildman–Crippen LogP) is 1.88. The fraction of sp³-hybridized carbons (Fsp3) is 0.462. The van der Waals surface area contributed by atoms with Gasteiger partial charge in [0, 0.05) is 32.1 Å². The van der Waals surface area contributed by atoms with Crippen molar-refractivity contribution in [2.24, 2.45) is 0 Å². The minimum Gasteiger partial charge on any atom is -0.395 e. The van der Waals surface area contributed by atoms with Crippen molar-refractivity contribution in [2.45, 2.75) is 11.4 Å². The number of benzene rings is 1. The number of amides is 1. The molecule has 0 saturated carbocycles. The van der Waals surface area contributed by atoms with Crippen LogP contribution in [0.3, 0.4) is 0 Å². The maximum absolute atomic E-state index is 11.5. The van der Waals surface area contributed by atoms with Crippen LogP contribution in [-0.2, 0) is 6.54 Å². The number of hydrogen-bond acceptors (Lipinski definition) is 4. The van der Waals surface area contributed by atoms with Crippen molar-refractivity contribution in [2.75, 3.05) is 34.3 Å². The molecule has 0 radical (unpaired) electrons. The molecule has 0 fully saturated rings. The molecule has 1 aromatic carbocycles. The zero-order valence-corrected chi connectivity index (χ0v) is 11.9. The zero-order chi connectivity index (χ0) is 13.5. The Morgan fingerprint density at radius 1 is 1.22 bits per heavy atom. The number of carbonyl (C=O) groups is 1. The molecule has 0 spiro atoms. The lowest BCUT2D eigenvalue weighted by Gasteiger charge is -2.15. The van der Waals surface area contributed by atoms with Gasteiger partial charge in [-0.15, -0.1) is 0 Å². The molecule has 1 aromatic rings. The molecule has 0 aliphatic carbocycles. The molecule has 1 amide bonds. The zero-order valence-electron chi connectivity index (χ0n) is 11.1. The van der Waals surface area contributed by atoms with Gasteiger partial charge in [-0.1, -0.05) is 12.1 Å². The molecule has 0 bridgehead atoms. The molecule has 100 valence electrons. The molecule has 0 heterocycles. The Morgan fingerprint density at radius 2 is 1.83 bits per heavy atom. The Kier molecular flexibility index (Phi) is 6.18. The van der Waals surface area contributed by atoms with E-state index in [2.05, 4.69) is 0 Å². The predicted molar refractivity (Wildman–Crippen MR) is 74.8 cm³/mol. The van der Waals surface area contributed by atoms with Crippen LogP contribution in [0, 0.1) is 0 Å². The Bertz CT molecular complexity index is 379. The van der Waals surface area contributed by atoms with Crippen molar-refractivity contribution in [1.82, 2.24) is 9.80 Å². The number of rotatable bonds is 5.